The molecule has 1 aromatic carbocycles. The number of rotatable bonds is 3. The van der Waals surface area contributed by atoms with Gasteiger partial charge in [0.05, 0.1) is 11.8 Å². The van der Waals surface area contributed by atoms with Crippen molar-refractivity contribution in [2.75, 3.05) is 13.3 Å². The fraction of sp³-hybridized carbons (Fsp3) is 0.500. The van der Waals surface area contributed by atoms with Gasteiger partial charge in [0.25, 0.3) is 0 Å². The van der Waals surface area contributed by atoms with Crippen molar-refractivity contribution < 1.29 is 17.9 Å². The van der Waals surface area contributed by atoms with Crippen molar-refractivity contribution in [3.05, 3.63) is 35.0 Å². The van der Waals surface area contributed by atoms with Crippen LogP contribution in [0.2, 0.25) is 5.15 Å². The molecule has 0 N–H and O–H groups in total. The van der Waals surface area contributed by atoms with Crippen LogP contribution in [-0.2, 0) is 14.8 Å². The first-order chi connectivity index (χ1) is 12.3. The van der Waals surface area contributed by atoms with E-state index < -0.39 is 16.0 Å². The molecule has 3 heterocycles. The van der Waals surface area contributed by atoms with E-state index in [4.69, 9.17) is 16.3 Å². The summed E-state index contributed by atoms with van der Waals surface area (Å²) in [7, 11) is -1.53. The Hall–Kier alpha value is -1.57. The summed E-state index contributed by atoms with van der Waals surface area (Å²) in [5.41, 5.74) is 0.509. The van der Waals surface area contributed by atoms with Crippen molar-refractivity contribution in [3.63, 3.8) is 0 Å². The number of hydrogen-bond donors (Lipinski definition) is 0. The molecule has 140 valence electrons. The van der Waals surface area contributed by atoms with Crippen LogP contribution in [0, 0.1) is 0 Å². The third-order valence-corrected chi connectivity index (χ3v) is 7.14. The molecule has 0 spiro atoms. The smallest absolute Gasteiger partial charge is 0.342 e. The molecule has 2 aliphatic heterocycles. The molecule has 2 fully saturated rings. The van der Waals surface area contributed by atoms with E-state index in [9.17, 15) is 13.2 Å². The van der Waals surface area contributed by atoms with Gasteiger partial charge in [-0.25, -0.2) is 17.2 Å². The van der Waals surface area contributed by atoms with Crippen LogP contribution in [-0.4, -0.2) is 54.8 Å². The highest BCUT2D eigenvalue weighted by Gasteiger charge is 2.40. The predicted molar refractivity (Wildman–Crippen MR) is 100 cm³/mol. The van der Waals surface area contributed by atoms with Crippen molar-refractivity contribution in [2.45, 2.75) is 43.9 Å². The Morgan fingerprint density at radius 1 is 1.19 bits per heavy atom. The van der Waals surface area contributed by atoms with Gasteiger partial charge in [0.2, 0.25) is 10.0 Å². The standard InChI is InChI=1S/C18H21ClN2O4S/c1-20-11-7-8-12(20)10-13(9-11)25-18(22)16-14-5-3-4-6-15(14)21(17(16)19)26(2,23)24/h3-6,11-13H,7-10H2,1-2H3/t11-,12+,13-. The minimum Gasteiger partial charge on any atom is -0.459 e. The zero-order valence-electron chi connectivity index (χ0n) is 14.7. The predicted octanol–water partition coefficient (Wildman–Crippen LogP) is 2.88. The SMILES string of the molecule is CN1[C@@H]2CC[C@H]1C[C@H](OC(=O)c1c(Cl)n(S(C)(=O)=O)c3ccccc13)C2. The maximum Gasteiger partial charge on any atom is 0.342 e. The van der Waals surface area contributed by atoms with Crippen LogP contribution in [0.3, 0.4) is 0 Å². The molecule has 6 nitrogen and oxygen atoms in total. The molecule has 0 saturated carbocycles. The van der Waals surface area contributed by atoms with Crippen molar-refractivity contribution in [2.24, 2.45) is 0 Å². The molecule has 4 rings (SSSR count). The van der Waals surface area contributed by atoms with Gasteiger partial charge in [-0.1, -0.05) is 29.8 Å². The number of para-hydroxylation sites is 1. The monoisotopic (exact) mass is 396 g/mol. The fourth-order valence-corrected chi connectivity index (χ4v) is 5.91. The lowest BCUT2D eigenvalue weighted by molar-refractivity contribution is -0.000247. The van der Waals surface area contributed by atoms with Gasteiger partial charge in [-0.3, -0.25) is 0 Å². The van der Waals surface area contributed by atoms with E-state index in [0.717, 1.165) is 35.9 Å². The lowest BCUT2D eigenvalue weighted by Crippen LogP contribution is -2.43. The summed E-state index contributed by atoms with van der Waals surface area (Å²) < 4.78 is 31.1. The Labute approximate surface area is 157 Å². The Morgan fingerprint density at radius 3 is 2.42 bits per heavy atom. The number of aromatic nitrogens is 1. The van der Waals surface area contributed by atoms with Gasteiger partial charge in [-0.05, 0) is 26.0 Å². The van der Waals surface area contributed by atoms with Gasteiger partial charge >= 0.3 is 5.97 Å². The van der Waals surface area contributed by atoms with E-state index >= 15 is 0 Å². The van der Waals surface area contributed by atoms with Gasteiger partial charge in [-0.2, -0.15) is 0 Å². The molecule has 0 amide bonds. The van der Waals surface area contributed by atoms with E-state index in [0.29, 0.717) is 23.0 Å². The minimum absolute atomic E-state index is 0.116. The summed E-state index contributed by atoms with van der Waals surface area (Å²) in [6.07, 6.45) is 4.77. The van der Waals surface area contributed by atoms with E-state index in [1.807, 2.05) is 0 Å². The van der Waals surface area contributed by atoms with Gasteiger partial charge in [0, 0.05) is 30.3 Å². The van der Waals surface area contributed by atoms with Crippen LogP contribution >= 0.6 is 11.6 Å². The first-order valence-electron chi connectivity index (χ1n) is 8.69. The minimum atomic E-state index is -3.65. The van der Waals surface area contributed by atoms with E-state index in [1.165, 1.54) is 0 Å². The van der Waals surface area contributed by atoms with Gasteiger partial charge in [0.15, 0.2) is 0 Å². The van der Waals surface area contributed by atoms with Crippen molar-refractivity contribution >= 4 is 38.5 Å². The molecule has 1 aromatic heterocycles. The Morgan fingerprint density at radius 2 is 1.81 bits per heavy atom. The lowest BCUT2D eigenvalue weighted by atomic mass is 10.0. The maximum absolute atomic E-state index is 12.9. The average Bonchev–Trinajstić information content (AvgIpc) is 2.95. The van der Waals surface area contributed by atoms with E-state index in [-0.39, 0.29) is 16.8 Å². The number of piperidine rings is 1. The second-order valence-corrected chi connectivity index (χ2v) is 9.45. The third kappa shape index (κ3) is 2.82. The molecule has 2 aliphatic rings. The number of carbonyl (C=O) groups excluding carboxylic acids is 1. The molecule has 3 atom stereocenters. The summed E-state index contributed by atoms with van der Waals surface area (Å²) >= 11 is 6.32. The highest BCUT2D eigenvalue weighted by molar-refractivity contribution is 7.89. The first kappa shape index (κ1) is 17.8. The Balaban J connectivity index is 1.69. The summed E-state index contributed by atoms with van der Waals surface area (Å²) in [6, 6.07) is 7.67. The van der Waals surface area contributed by atoms with Crippen molar-refractivity contribution in [3.8, 4) is 0 Å². The second kappa shape index (κ2) is 6.25. The summed E-state index contributed by atoms with van der Waals surface area (Å²) in [5, 5.41) is 0.374. The highest BCUT2D eigenvalue weighted by atomic mass is 35.5. The summed E-state index contributed by atoms with van der Waals surface area (Å²) in [5.74, 6) is -0.553. The zero-order chi connectivity index (χ0) is 18.6. The number of hydrogen-bond acceptors (Lipinski definition) is 5. The van der Waals surface area contributed by atoms with E-state index in [1.54, 1.807) is 24.3 Å². The Bertz CT molecular complexity index is 970. The van der Waals surface area contributed by atoms with Gasteiger partial charge in [-0.15, -0.1) is 0 Å². The average molecular weight is 397 g/mol. The number of nitrogens with zero attached hydrogens (tertiary/aromatic N) is 2. The lowest BCUT2D eigenvalue weighted by Gasteiger charge is -2.35. The highest BCUT2D eigenvalue weighted by Crippen LogP contribution is 2.37. The molecule has 0 unspecified atom stereocenters. The third-order valence-electron chi connectivity index (χ3n) is 5.64. The molecule has 8 heteroatoms. The molecule has 0 radical (unpaired) electrons. The van der Waals surface area contributed by atoms with Crippen molar-refractivity contribution in [1.29, 1.82) is 0 Å². The summed E-state index contributed by atoms with van der Waals surface area (Å²) in [4.78, 5) is 15.2. The maximum atomic E-state index is 12.9. The molecule has 26 heavy (non-hydrogen) atoms. The molecular formula is C18H21ClN2O4S. The second-order valence-electron chi connectivity index (χ2n) is 7.26. The van der Waals surface area contributed by atoms with Crippen LogP contribution in [0.1, 0.15) is 36.0 Å². The van der Waals surface area contributed by atoms with Crippen molar-refractivity contribution in [1.82, 2.24) is 8.87 Å². The number of carbonyl (C=O) groups is 1. The molecule has 0 aliphatic carbocycles. The van der Waals surface area contributed by atoms with Crippen LogP contribution in [0.25, 0.3) is 10.9 Å². The normalized spacial score (nSPS) is 26.3. The van der Waals surface area contributed by atoms with Crippen LogP contribution < -0.4 is 0 Å². The fourth-order valence-electron chi connectivity index (χ4n) is 4.37. The first-order valence-corrected chi connectivity index (χ1v) is 10.9. The largest absolute Gasteiger partial charge is 0.459 e. The topological polar surface area (TPSA) is 68.6 Å². The summed E-state index contributed by atoms with van der Waals surface area (Å²) in [6.45, 7) is 0. The van der Waals surface area contributed by atoms with E-state index in [2.05, 4.69) is 11.9 Å². The number of fused-ring (bicyclic) bond motifs is 3. The number of halogens is 1. The van der Waals surface area contributed by atoms with Crippen LogP contribution in [0.4, 0.5) is 0 Å². The number of benzene rings is 1. The number of esters is 1. The van der Waals surface area contributed by atoms with Gasteiger partial charge in [0.1, 0.15) is 16.8 Å². The molecule has 2 saturated heterocycles. The Kier molecular flexibility index (Phi) is 4.28. The zero-order valence-corrected chi connectivity index (χ0v) is 16.3. The number of ether oxygens (including phenoxy) is 1. The quantitative estimate of drug-likeness (QED) is 0.746. The van der Waals surface area contributed by atoms with Crippen LogP contribution in [0.15, 0.2) is 24.3 Å². The molecular weight excluding hydrogens is 376 g/mol. The molecule has 2 bridgehead atoms. The van der Waals surface area contributed by atoms with Crippen LogP contribution in [0.5, 0.6) is 0 Å². The molecule has 2 aromatic rings. The van der Waals surface area contributed by atoms with Gasteiger partial charge < -0.3 is 9.64 Å².